The number of hydrogen-bond donors (Lipinski definition) is 2. The van der Waals surface area contributed by atoms with E-state index in [2.05, 4.69) is 5.32 Å². The van der Waals surface area contributed by atoms with Crippen LogP contribution in [0.2, 0.25) is 5.02 Å². The normalized spacial score (nSPS) is 11.4. The van der Waals surface area contributed by atoms with Gasteiger partial charge < -0.3 is 15.8 Å². The quantitative estimate of drug-likeness (QED) is 0.813. The second-order valence-corrected chi connectivity index (χ2v) is 5.43. The van der Waals surface area contributed by atoms with Gasteiger partial charge in [-0.3, -0.25) is 9.59 Å². The van der Waals surface area contributed by atoms with E-state index >= 15 is 0 Å². The van der Waals surface area contributed by atoms with Crippen molar-refractivity contribution in [2.24, 2.45) is 5.73 Å². The lowest BCUT2D eigenvalue weighted by atomic mass is 10.2. The molecule has 2 rings (SSSR count). The van der Waals surface area contributed by atoms with Gasteiger partial charge >= 0.3 is 5.97 Å². The number of amides is 2. The van der Waals surface area contributed by atoms with Gasteiger partial charge in [0.2, 0.25) is 5.91 Å². The highest BCUT2D eigenvalue weighted by Gasteiger charge is 2.19. The maximum Gasteiger partial charge on any atom is 0.338 e. The van der Waals surface area contributed by atoms with Crippen LogP contribution < -0.4 is 11.1 Å². The van der Waals surface area contributed by atoms with Crippen molar-refractivity contribution in [3.63, 3.8) is 0 Å². The summed E-state index contributed by atoms with van der Waals surface area (Å²) in [5.74, 6) is -1.71. The van der Waals surface area contributed by atoms with Gasteiger partial charge in [-0.2, -0.15) is 0 Å². The van der Waals surface area contributed by atoms with E-state index in [4.69, 9.17) is 22.1 Å². The number of ether oxygens (including phenoxy) is 1. The molecule has 2 amide bonds. The summed E-state index contributed by atoms with van der Waals surface area (Å²) in [6, 6.07) is 12.3. The molecule has 124 valence electrons. The summed E-state index contributed by atoms with van der Waals surface area (Å²) in [7, 11) is 0. The topological polar surface area (TPSA) is 98.5 Å². The number of esters is 1. The van der Waals surface area contributed by atoms with Gasteiger partial charge in [-0.15, -0.1) is 0 Å². The predicted octanol–water partition coefficient (Wildman–Crippen LogP) is 2.62. The molecule has 24 heavy (non-hydrogen) atoms. The SMILES string of the molecule is C[C@@H](OC(=O)c1cccc(Cl)c1)C(=O)Nc1ccc(C(N)=O)cc1. The average molecular weight is 347 g/mol. The second kappa shape index (κ2) is 7.61. The summed E-state index contributed by atoms with van der Waals surface area (Å²) in [6.45, 7) is 1.45. The Kier molecular flexibility index (Phi) is 5.55. The molecule has 0 fully saturated rings. The first-order valence-electron chi connectivity index (χ1n) is 7.04. The van der Waals surface area contributed by atoms with E-state index < -0.39 is 23.9 Å². The average Bonchev–Trinajstić information content (AvgIpc) is 2.55. The third-order valence-electron chi connectivity index (χ3n) is 3.15. The molecule has 0 radical (unpaired) electrons. The van der Waals surface area contributed by atoms with Crippen molar-refractivity contribution >= 4 is 35.1 Å². The molecule has 0 saturated heterocycles. The third kappa shape index (κ3) is 4.57. The molecule has 3 N–H and O–H groups in total. The zero-order valence-corrected chi connectivity index (χ0v) is 13.5. The number of carbonyl (C=O) groups excluding carboxylic acids is 3. The van der Waals surface area contributed by atoms with E-state index in [1.165, 1.54) is 37.3 Å². The summed E-state index contributed by atoms with van der Waals surface area (Å²) >= 11 is 5.81. The molecule has 1 atom stereocenters. The first kappa shape index (κ1) is 17.5. The smallest absolute Gasteiger partial charge is 0.338 e. The molecule has 0 aliphatic carbocycles. The summed E-state index contributed by atoms with van der Waals surface area (Å²) in [4.78, 5) is 35.0. The maximum atomic E-state index is 12.1. The number of carbonyl (C=O) groups is 3. The Labute approximate surface area is 143 Å². The zero-order chi connectivity index (χ0) is 17.7. The van der Waals surface area contributed by atoms with Crippen LogP contribution in [0.25, 0.3) is 0 Å². The molecule has 0 aliphatic rings. The lowest BCUT2D eigenvalue weighted by Gasteiger charge is -2.13. The highest BCUT2D eigenvalue weighted by Crippen LogP contribution is 2.14. The minimum Gasteiger partial charge on any atom is -0.449 e. The summed E-state index contributed by atoms with van der Waals surface area (Å²) in [5, 5.41) is 2.98. The fourth-order valence-electron chi connectivity index (χ4n) is 1.86. The number of nitrogens with one attached hydrogen (secondary N) is 1. The van der Waals surface area contributed by atoms with Crippen molar-refractivity contribution in [2.75, 3.05) is 5.32 Å². The van der Waals surface area contributed by atoms with Gasteiger partial charge in [0.25, 0.3) is 5.91 Å². The Morgan fingerprint density at radius 2 is 1.75 bits per heavy atom. The lowest BCUT2D eigenvalue weighted by molar-refractivity contribution is -0.123. The first-order valence-corrected chi connectivity index (χ1v) is 7.42. The van der Waals surface area contributed by atoms with Crippen LogP contribution in [0, 0.1) is 0 Å². The van der Waals surface area contributed by atoms with Crippen LogP contribution >= 0.6 is 11.6 Å². The van der Waals surface area contributed by atoms with Gasteiger partial charge in [0.1, 0.15) is 0 Å². The van der Waals surface area contributed by atoms with Crippen molar-refractivity contribution in [1.29, 1.82) is 0 Å². The van der Waals surface area contributed by atoms with Gasteiger partial charge in [0, 0.05) is 16.3 Å². The molecule has 6 nitrogen and oxygen atoms in total. The van der Waals surface area contributed by atoms with Crippen LogP contribution in [-0.4, -0.2) is 23.9 Å². The standard InChI is InChI=1S/C17H15ClN2O4/c1-10(24-17(23)12-3-2-4-13(18)9-12)16(22)20-14-7-5-11(6-8-14)15(19)21/h2-10H,1H3,(H2,19,21)(H,20,22)/t10-/m1/s1. The minimum absolute atomic E-state index is 0.257. The first-order chi connectivity index (χ1) is 11.4. The Morgan fingerprint density at radius 3 is 2.33 bits per heavy atom. The highest BCUT2D eigenvalue weighted by molar-refractivity contribution is 6.30. The minimum atomic E-state index is -1.01. The maximum absolute atomic E-state index is 12.1. The van der Waals surface area contributed by atoms with Gasteiger partial charge in [-0.1, -0.05) is 17.7 Å². The van der Waals surface area contributed by atoms with Crippen LogP contribution in [0.1, 0.15) is 27.6 Å². The van der Waals surface area contributed by atoms with Crippen LogP contribution in [0.3, 0.4) is 0 Å². The summed E-state index contributed by atoms with van der Waals surface area (Å²) in [5.41, 5.74) is 6.18. The van der Waals surface area contributed by atoms with Gasteiger partial charge in [-0.05, 0) is 49.4 Å². The van der Waals surface area contributed by atoms with E-state index in [1.54, 1.807) is 18.2 Å². The molecule has 0 bridgehead atoms. The predicted molar refractivity (Wildman–Crippen MR) is 89.9 cm³/mol. The van der Waals surface area contributed by atoms with Gasteiger partial charge in [0.05, 0.1) is 5.56 Å². The van der Waals surface area contributed by atoms with Crippen molar-refractivity contribution in [3.05, 3.63) is 64.7 Å². The molecular formula is C17H15ClN2O4. The molecule has 0 heterocycles. The molecule has 0 unspecified atom stereocenters. The number of rotatable bonds is 5. The number of anilines is 1. The van der Waals surface area contributed by atoms with Gasteiger partial charge in [-0.25, -0.2) is 4.79 Å². The number of nitrogens with two attached hydrogens (primary N) is 1. The fraction of sp³-hybridized carbons (Fsp3) is 0.118. The molecule has 2 aromatic rings. The Bertz CT molecular complexity index is 774. The van der Waals surface area contributed by atoms with Gasteiger partial charge in [0.15, 0.2) is 6.10 Å². The van der Waals surface area contributed by atoms with E-state index in [9.17, 15) is 14.4 Å². The number of benzene rings is 2. The van der Waals surface area contributed by atoms with E-state index in [1.807, 2.05) is 0 Å². The van der Waals surface area contributed by atoms with Crippen LogP contribution in [0.5, 0.6) is 0 Å². The molecule has 2 aromatic carbocycles. The molecule has 0 spiro atoms. The van der Waals surface area contributed by atoms with Crippen molar-refractivity contribution in [2.45, 2.75) is 13.0 Å². The van der Waals surface area contributed by atoms with Crippen LogP contribution in [0.4, 0.5) is 5.69 Å². The molecule has 0 saturated carbocycles. The van der Waals surface area contributed by atoms with Crippen LogP contribution in [0.15, 0.2) is 48.5 Å². The number of halogens is 1. The van der Waals surface area contributed by atoms with Crippen LogP contribution in [-0.2, 0) is 9.53 Å². The largest absolute Gasteiger partial charge is 0.449 e. The lowest BCUT2D eigenvalue weighted by Crippen LogP contribution is -2.30. The summed E-state index contributed by atoms with van der Waals surface area (Å²) < 4.78 is 5.10. The molecule has 0 aromatic heterocycles. The molecule has 7 heteroatoms. The second-order valence-electron chi connectivity index (χ2n) is 4.99. The monoisotopic (exact) mass is 346 g/mol. The summed E-state index contributed by atoms with van der Waals surface area (Å²) in [6.07, 6.45) is -1.01. The number of hydrogen-bond acceptors (Lipinski definition) is 4. The molecular weight excluding hydrogens is 332 g/mol. The van der Waals surface area contributed by atoms with E-state index in [0.29, 0.717) is 16.3 Å². The fourth-order valence-corrected chi connectivity index (χ4v) is 2.05. The van der Waals surface area contributed by atoms with E-state index in [-0.39, 0.29) is 5.56 Å². The Morgan fingerprint density at radius 1 is 1.08 bits per heavy atom. The van der Waals surface area contributed by atoms with E-state index in [0.717, 1.165) is 0 Å². The zero-order valence-electron chi connectivity index (χ0n) is 12.8. The number of primary amides is 1. The Balaban J connectivity index is 1.96. The van der Waals surface area contributed by atoms with Crippen molar-refractivity contribution in [3.8, 4) is 0 Å². The third-order valence-corrected chi connectivity index (χ3v) is 3.39. The highest BCUT2D eigenvalue weighted by atomic mass is 35.5. The van der Waals surface area contributed by atoms with Crippen molar-refractivity contribution in [1.82, 2.24) is 0 Å². The van der Waals surface area contributed by atoms with Crippen molar-refractivity contribution < 1.29 is 19.1 Å². The molecule has 0 aliphatic heterocycles. The Hall–Kier alpha value is -2.86.